The van der Waals surface area contributed by atoms with Gasteiger partial charge in [-0.15, -0.1) is 11.3 Å². The largest absolute Gasteiger partial charge is 0.319 e. The maximum atomic E-state index is 13.1. The van der Waals surface area contributed by atoms with Gasteiger partial charge >= 0.3 is 0 Å². The minimum absolute atomic E-state index is 0.208. The van der Waals surface area contributed by atoms with Gasteiger partial charge in [0.25, 0.3) is 5.91 Å². The first-order chi connectivity index (χ1) is 11.8. The van der Waals surface area contributed by atoms with Gasteiger partial charge in [-0.2, -0.15) is 0 Å². The van der Waals surface area contributed by atoms with Crippen LogP contribution in [-0.4, -0.2) is 15.9 Å². The third kappa shape index (κ3) is 3.58. The fraction of sp³-hybridized carbons (Fsp3) is 0.211. The highest BCUT2D eigenvalue weighted by molar-refractivity contribution is 7.17. The zero-order valence-corrected chi connectivity index (χ0v) is 15.3. The number of nitrogens with zero attached hydrogens (tertiary/aromatic N) is 2. The van der Waals surface area contributed by atoms with Crippen LogP contribution < -0.4 is 5.32 Å². The molecule has 2 heterocycles. The quantitative estimate of drug-likeness (QED) is 0.732. The average molecular weight is 355 g/mol. The van der Waals surface area contributed by atoms with Crippen LogP contribution in [0.5, 0.6) is 0 Å². The van der Waals surface area contributed by atoms with E-state index in [9.17, 15) is 9.18 Å². The van der Waals surface area contributed by atoms with E-state index in [0.29, 0.717) is 15.6 Å². The van der Waals surface area contributed by atoms with Gasteiger partial charge in [-0.05, 0) is 63.6 Å². The summed E-state index contributed by atoms with van der Waals surface area (Å²) in [6.07, 6.45) is 0. The molecule has 4 nitrogen and oxygen atoms in total. The van der Waals surface area contributed by atoms with Gasteiger partial charge in [0.15, 0.2) is 0 Å². The first-order valence-corrected chi connectivity index (χ1v) is 8.66. The van der Waals surface area contributed by atoms with Crippen molar-refractivity contribution < 1.29 is 9.18 Å². The molecule has 0 fully saturated rings. The SMILES string of the molecule is Cc1cc(C)c(NC(=O)c2sc(-c3ccc(F)cc3)nc2C)c(C)n1. The molecule has 0 radical (unpaired) electrons. The van der Waals surface area contributed by atoms with E-state index in [1.54, 1.807) is 19.1 Å². The molecule has 3 aromatic rings. The van der Waals surface area contributed by atoms with Crippen molar-refractivity contribution in [1.82, 2.24) is 9.97 Å². The molecule has 3 rings (SSSR count). The smallest absolute Gasteiger partial charge is 0.267 e. The summed E-state index contributed by atoms with van der Waals surface area (Å²) in [5.74, 6) is -0.506. The second kappa shape index (κ2) is 6.72. The molecule has 0 aliphatic rings. The van der Waals surface area contributed by atoms with E-state index in [-0.39, 0.29) is 11.7 Å². The maximum absolute atomic E-state index is 13.1. The van der Waals surface area contributed by atoms with Gasteiger partial charge in [0.05, 0.1) is 17.1 Å². The Morgan fingerprint density at radius 3 is 2.36 bits per heavy atom. The van der Waals surface area contributed by atoms with Crippen molar-refractivity contribution in [2.45, 2.75) is 27.7 Å². The summed E-state index contributed by atoms with van der Waals surface area (Å²) >= 11 is 1.29. The molecular formula is C19H18FN3OS. The Bertz CT molecular complexity index is 925. The lowest BCUT2D eigenvalue weighted by atomic mass is 10.1. The maximum Gasteiger partial charge on any atom is 0.267 e. The molecule has 1 N–H and O–H groups in total. The van der Waals surface area contributed by atoms with Gasteiger partial charge in [-0.25, -0.2) is 9.37 Å². The van der Waals surface area contributed by atoms with Crippen LogP contribution >= 0.6 is 11.3 Å². The van der Waals surface area contributed by atoms with Gasteiger partial charge in [0.1, 0.15) is 15.7 Å². The Morgan fingerprint density at radius 1 is 1.04 bits per heavy atom. The van der Waals surface area contributed by atoms with Gasteiger partial charge in [-0.1, -0.05) is 0 Å². The highest BCUT2D eigenvalue weighted by Crippen LogP contribution is 2.29. The molecule has 0 atom stereocenters. The standard InChI is InChI=1S/C19H18FN3OS/c1-10-9-11(2)21-12(3)16(10)23-18(24)17-13(4)22-19(25-17)14-5-7-15(20)8-6-14/h5-9H,1-4H3,(H,23,24). The second-order valence-electron chi connectivity index (χ2n) is 5.94. The van der Waals surface area contributed by atoms with Crippen LogP contribution in [0.4, 0.5) is 10.1 Å². The van der Waals surface area contributed by atoms with Crippen LogP contribution in [0.3, 0.4) is 0 Å². The predicted molar refractivity (Wildman–Crippen MR) is 98.6 cm³/mol. The summed E-state index contributed by atoms with van der Waals surface area (Å²) in [5.41, 5.74) is 4.84. The molecule has 25 heavy (non-hydrogen) atoms. The van der Waals surface area contributed by atoms with Crippen LogP contribution in [0.25, 0.3) is 10.6 Å². The van der Waals surface area contributed by atoms with E-state index >= 15 is 0 Å². The molecule has 0 unspecified atom stereocenters. The third-order valence-corrected chi connectivity index (χ3v) is 5.06. The number of hydrogen-bond donors (Lipinski definition) is 1. The van der Waals surface area contributed by atoms with Crippen molar-refractivity contribution in [3.05, 3.63) is 63.7 Å². The summed E-state index contributed by atoms with van der Waals surface area (Å²) < 4.78 is 13.1. The molecule has 2 aromatic heterocycles. The van der Waals surface area contributed by atoms with Gasteiger partial charge in [-0.3, -0.25) is 9.78 Å². The molecular weight excluding hydrogens is 337 g/mol. The number of rotatable bonds is 3. The van der Waals surface area contributed by atoms with Crippen LogP contribution in [0.15, 0.2) is 30.3 Å². The lowest BCUT2D eigenvalue weighted by Crippen LogP contribution is -2.14. The molecule has 0 saturated heterocycles. The van der Waals surface area contributed by atoms with Crippen molar-refractivity contribution in [2.24, 2.45) is 0 Å². The van der Waals surface area contributed by atoms with Crippen LogP contribution in [0, 0.1) is 33.5 Å². The van der Waals surface area contributed by atoms with Crippen molar-refractivity contribution >= 4 is 22.9 Å². The summed E-state index contributed by atoms with van der Waals surface area (Å²) in [7, 11) is 0. The Morgan fingerprint density at radius 2 is 1.72 bits per heavy atom. The highest BCUT2D eigenvalue weighted by atomic mass is 32.1. The van der Waals surface area contributed by atoms with Crippen molar-refractivity contribution in [1.29, 1.82) is 0 Å². The number of carbonyl (C=O) groups is 1. The number of carbonyl (C=O) groups excluding carboxylic acids is 1. The lowest BCUT2D eigenvalue weighted by Gasteiger charge is -2.11. The molecule has 1 aromatic carbocycles. The van der Waals surface area contributed by atoms with Crippen molar-refractivity contribution in [2.75, 3.05) is 5.32 Å². The lowest BCUT2D eigenvalue weighted by molar-refractivity contribution is 0.102. The number of aryl methyl sites for hydroxylation is 4. The predicted octanol–water partition coefficient (Wildman–Crippen LogP) is 4.83. The Balaban J connectivity index is 1.90. The normalized spacial score (nSPS) is 10.8. The third-order valence-electron chi connectivity index (χ3n) is 3.86. The Labute approximate surface area is 149 Å². The van der Waals surface area contributed by atoms with Gasteiger partial charge < -0.3 is 5.32 Å². The molecule has 0 spiro atoms. The van der Waals surface area contributed by atoms with Crippen molar-refractivity contribution in [3.63, 3.8) is 0 Å². The summed E-state index contributed by atoms with van der Waals surface area (Å²) in [5, 5.41) is 3.64. The Hall–Kier alpha value is -2.60. The van der Waals surface area contributed by atoms with E-state index in [0.717, 1.165) is 28.2 Å². The fourth-order valence-corrected chi connectivity index (χ4v) is 3.67. The van der Waals surface area contributed by atoms with E-state index in [2.05, 4.69) is 15.3 Å². The number of pyridine rings is 1. The number of hydrogen-bond acceptors (Lipinski definition) is 4. The summed E-state index contributed by atoms with van der Waals surface area (Å²) in [6, 6.07) is 8.03. The first kappa shape index (κ1) is 17.2. The average Bonchev–Trinajstić information content (AvgIpc) is 2.93. The molecule has 0 aliphatic heterocycles. The van der Waals surface area contributed by atoms with Crippen LogP contribution in [0.2, 0.25) is 0 Å². The van der Waals surface area contributed by atoms with Crippen LogP contribution in [-0.2, 0) is 0 Å². The molecule has 1 amide bonds. The fourth-order valence-electron chi connectivity index (χ4n) is 2.71. The minimum atomic E-state index is -0.298. The van der Waals surface area contributed by atoms with Gasteiger partial charge in [0, 0.05) is 11.3 Å². The zero-order valence-electron chi connectivity index (χ0n) is 14.5. The monoisotopic (exact) mass is 355 g/mol. The number of aromatic nitrogens is 2. The van der Waals surface area contributed by atoms with E-state index in [1.807, 2.05) is 26.8 Å². The highest BCUT2D eigenvalue weighted by Gasteiger charge is 2.18. The number of benzene rings is 1. The van der Waals surface area contributed by atoms with Gasteiger partial charge in [0.2, 0.25) is 0 Å². The number of halogens is 1. The summed E-state index contributed by atoms with van der Waals surface area (Å²) in [4.78, 5) is 22.1. The minimum Gasteiger partial charge on any atom is -0.319 e. The molecule has 0 saturated carbocycles. The number of thiazole rings is 1. The second-order valence-corrected chi connectivity index (χ2v) is 6.93. The number of amides is 1. The zero-order chi connectivity index (χ0) is 18.1. The number of nitrogens with one attached hydrogen (secondary N) is 1. The van der Waals surface area contributed by atoms with Crippen LogP contribution in [0.1, 0.15) is 32.3 Å². The Kier molecular flexibility index (Phi) is 4.63. The summed E-state index contributed by atoms with van der Waals surface area (Å²) in [6.45, 7) is 7.54. The topological polar surface area (TPSA) is 54.9 Å². The number of anilines is 1. The molecule has 6 heteroatoms. The van der Waals surface area contributed by atoms with E-state index in [1.165, 1.54) is 23.5 Å². The molecule has 0 bridgehead atoms. The van der Waals surface area contributed by atoms with E-state index in [4.69, 9.17) is 0 Å². The van der Waals surface area contributed by atoms with E-state index < -0.39 is 0 Å². The molecule has 128 valence electrons. The molecule has 0 aliphatic carbocycles. The van der Waals surface area contributed by atoms with Crippen molar-refractivity contribution in [3.8, 4) is 10.6 Å². The first-order valence-electron chi connectivity index (χ1n) is 7.84.